The van der Waals surface area contributed by atoms with Crippen LogP contribution in [0.3, 0.4) is 0 Å². The van der Waals surface area contributed by atoms with E-state index in [9.17, 15) is 18.4 Å². The number of halogens is 3. The van der Waals surface area contributed by atoms with Gasteiger partial charge in [-0.15, -0.1) is 0 Å². The van der Waals surface area contributed by atoms with Crippen LogP contribution >= 0.6 is 11.6 Å². The molecule has 206 valence electrons. The molecule has 2 aromatic carbocycles. The van der Waals surface area contributed by atoms with Gasteiger partial charge >= 0.3 is 0 Å². The third-order valence-electron chi connectivity index (χ3n) is 6.25. The van der Waals surface area contributed by atoms with Crippen molar-refractivity contribution in [2.45, 2.75) is 44.9 Å². The average molecular weight is 560 g/mol. The highest BCUT2D eigenvalue weighted by atomic mass is 35.5. The van der Waals surface area contributed by atoms with Crippen molar-refractivity contribution in [1.82, 2.24) is 20.2 Å². The number of piperidine rings is 1. The molecule has 1 saturated heterocycles. The molecule has 2 atom stereocenters. The lowest BCUT2D eigenvalue weighted by molar-refractivity contribution is -0.141. The van der Waals surface area contributed by atoms with Crippen LogP contribution in [0.1, 0.15) is 26.7 Å². The van der Waals surface area contributed by atoms with Gasteiger partial charge in [-0.2, -0.15) is 0 Å². The van der Waals surface area contributed by atoms with E-state index in [1.54, 1.807) is 12.1 Å². The Balaban J connectivity index is 1.65. The van der Waals surface area contributed by atoms with Crippen molar-refractivity contribution < 1.29 is 27.8 Å². The molecule has 3 aromatic rings. The molecule has 4 rings (SSSR count). The Morgan fingerprint density at radius 1 is 1.23 bits per heavy atom. The van der Waals surface area contributed by atoms with Gasteiger partial charge in [0, 0.05) is 36.9 Å². The highest BCUT2D eigenvalue weighted by Crippen LogP contribution is 2.37. The van der Waals surface area contributed by atoms with Gasteiger partial charge in [0.2, 0.25) is 11.8 Å². The Hall–Kier alpha value is -3.99. The summed E-state index contributed by atoms with van der Waals surface area (Å²) in [6.45, 7) is 7.52. The Morgan fingerprint density at radius 3 is 2.69 bits per heavy atom. The average Bonchev–Trinajstić information content (AvgIpc) is 2.92. The second kappa shape index (κ2) is 11.8. The first kappa shape index (κ1) is 28.0. The molecule has 1 aliphatic heterocycles. The van der Waals surface area contributed by atoms with E-state index in [1.807, 2.05) is 13.8 Å². The first-order chi connectivity index (χ1) is 18.6. The summed E-state index contributed by atoms with van der Waals surface area (Å²) < 4.78 is 40.0. The van der Waals surface area contributed by atoms with E-state index in [1.165, 1.54) is 30.5 Å². The molecular formula is C27H28ClF2N5O4. The van der Waals surface area contributed by atoms with E-state index in [0.717, 1.165) is 6.07 Å². The quantitative estimate of drug-likeness (QED) is 0.303. The fraction of sp³-hybridized carbons (Fsp3) is 0.333. The summed E-state index contributed by atoms with van der Waals surface area (Å²) in [4.78, 5) is 35.3. The number of anilines is 2. The number of likely N-dealkylation sites (tertiary alicyclic amines) is 1. The van der Waals surface area contributed by atoms with Gasteiger partial charge in [-0.3, -0.25) is 9.59 Å². The van der Waals surface area contributed by atoms with Crippen LogP contribution in [0.5, 0.6) is 11.5 Å². The number of rotatable bonds is 8. The highest BCUT2D eigenvalue weighted by molar-refractivity contribution is 6.31. The SMILES string of the molecule is C=CC(=O)N1CC[C@H](Oc2cc3c(Nc4ccc(F)c(Cl)c4F)ncnc3cc2OC)C[C@H]1C(=O)NC(C)C. The normalized spacial score (nSPS) is 17.2. The smallest absolute Gasteiger partial charge is 0.246 e. The van der Waals surface area contributed by atoms with Gasteiger partial charge in [0.25, 0.3) is 0 Å². The van der Waals surface area contributed by atoms with E-state index >= 15 is 0 Å². The van der Waals surface area contributed by atoms with Crippen LogP contribution in [0.2, 0.25) is 5.02 Å². The van der Waals surface area contributed by atoms with E-state index in [-0.39, 0.29) is 35.8 Å². The lowest BCUT2D eigenvalue weighted by Crippen LogP contribution is -2.56. The summed E-state index contributed by atoms with van der Waals surface area (Å²) in [5, 5.41) is 5.53. The monoisotopic (exact) mass is 559 g/mol. The lowest BCUT2D eigenvalue weighted by atomic mass is 9.97. The van der Waals surface area contributed by atoms with Crippen molar-refractivity contribution in [3.8, 4) is 11.5 Å². The molecule has 2 heterocycles. The number of nitrogens with one attached hydrogen (secondary N) is 2. The molecule has 0 aliphatic carbocycles. The minimum Gasteiger partial charge on any atom is -0.493 e. The van der Waals surface area contributed by atoms with Crippen molar-refractivity contribution in [2.75, 3.05) is 19.0 Å². The van der Waals surface area contributed by atoms with Crippen LogP contribution in [0.15, 0.2) is 43.2 Å². The minimum atomic E-state index is -0.958. The number of methoxy groups -OCH3 is 1. The fourth-order valence-electron chi connectivity index (χ4n) is 4.40. The Bertz CT molecular complexity index is 1420. The minimum absolute atomic E-state index is 0.0713. The summed E-state index contributed by atoms with van der Waals surface area (Å²) in [5.74, 6) is -1.49. The number of hydrogen-bond acceptors (Lipinski definition) is 7. The van der Waals surface area contributed by atoms with Crippen molar-refractivity contribution >= 4 is 45.8 Å². The van der Waals surface area contributed by atoms with Crippen LogP contribution in [-0.2, 0) is 9.59 Å². The molecule has 1 aromatic heterocycles. The van der Waals surface area contributed by atoms with Gasteiger partial charge in [-0.1, -0.05) is 18.2 Å². The van der Waals surface area contributed by atoms with Gasteiger partial charge in [-0.05, 0) is 38.1 Å². The van der Waals surface area contributed by atoms with Gasteiger partial charge in [0.15, 0.2) is 17.3 Å². The van der Waals surface area contributed by atoms with Gasteiger partial charge < -0.3 is 25.0 Å². The Kier molecular flexibility index (Phi) is 8.49. The Morgan fingerprint density at radius 2 is 2.00 bits per heavy atom. The van der Waals surface area contributed by atoms with Crippen LogP contribution in [-0.4, -0.2) is 58.5 Å². The topological polar surface area (TPSA) is 106 Å². The molecule has 0 radical (unpaired) electrons. The molecule has 2 amide bonds. The van der Waals surface area contributed by atoms with Crippen molar-refractivity contribution in [2.24, 2.45) is 0 Å². The van der Waals surface area contributed by atoms with Crippen molar-refractivity contribution in [3.05, 3.63) is 59.9 Å². The maximum Gasteiger partial charge on any atom is 0.246 e. The number of carbonyl (C=O) groups is 2. The molecule has 0 spiro atoms. The lowest BCUT2D eigenvalue weighted by Gasteiger charge is -2.38. The second-order valence-corrected chi connectivity index (χ2v) is 9.65. The zero-order chi connectivity index (χ0) is 28.3. The number of hydrogen-bond donors (Lipinski definition) is 2. The first-order valence-electron chi connectivity index (χ1n) is 12.3. The largest absolute Gasteiger partial charge is 0.493 e. The third-order valence-corrected chi connectivity index (χ3v) is 6.59. The summed E-state index contributed by atoms with van der Waals surface area (Å²) in [6, 6.07) is 4.70. The Labute approximate surface area is 229 Å². The van der Waals surface area contributed by atoms with Crippen LogP contribution in [0.4, 0.5) is 20.3 Å². The summed E-state index contributed by atoms with van der Waals surface area (Å²) in [7, 11) is 1.48. The van der Waals surface area contributed by atoms with Crippen LogP contribution < -0.4 is 20.1 Å². The molecule has 2 N–H and O–H groups in total. The number of amides is 2. The molecule has 9 nitrogen and oxygen atoms in total. The molecule has 0 saturated carbocycles. The number of ether oxygens (including phenoxy) is 2. The number of nitrogens with zero attached hydrogens (tertiary/aromatic N) is 3. The van der Waals surface area contributed by atoms with Crippen molar-refractivity contribution in [1.29, 1.82) is 0 Å². The van der Waals surface area contributed by atoms with Crippen molar-refractivity contribution in [3.63, 3.8) is 0 Å². The molecule has 1 aliphatic rings. The number of aromatic nitrogens is 2. The highest BCUT2D eigenvalue weighted by Gasteiger charge is 2.37. The van der Waals surface area contributed by atoms with Gasteiger partial charge in [-0.25, -0.2) is 18.7 Å². The van der Waals surface area contributed by atoms with E-state index in [2.05, 4.69) is 27.2 Å². The molecule has 0 bridgehead atoms. The number of carbonyl (C=O) groups excluding carboxylic acids is 2. The summed E-state index contributed by atoms with van der Waals surface area (Å²) in [6.07, 6.45) is 2.76. The predicted molar refractivity (Wildman–Crippen MR) is 143 cm³/mol. The standard InChI is InChI=1S/C27H28ClF2N5O4/c1-5-23(36)35-9-8-15(10-20(35)27(37)33-14(2)3)39-22-11-16-19(12-21(22)38-4)31-13-32-26(16)34-18-7-6-17(29)24(28)25(18)30/h5-7,11-15,20H,1,8-10H2,2-4H3,(H,33,37)(H,31,32,34)/t15-,20-/m0/s1. The number of benzene rings is 2. The second-order valence-electron chi connectivity index (χ2n) is 9.27. The van der Waals surface area contributed by atoms with Gasteiger partial charge in [0.05, 0.1) is 18.3 Å². The molecule has 12 heteroatoms. The zero-order valence-corrected chi connectivity index (χ0v) is 22.4. The molecule has 1 fully saturated rings. The predicted octanol–water partition coefficient (Wildman–Crippen LogP) is 4.76. The fourth-order valence-corrected chi connectivity index (χ4v) is 4.56. The summed E-state index contributed by atoms with van der Waals surface area (Å²) >= 11 is 5.72. The molecular weight excluding hydrogens is 532 g/mol. The molecule has 39 heavy (non-hydrogen) atoms. The van der Waals surface area contributed by atoms with E-state index in [4.69, 9.17) is 21.1 Å². The zero-order valence-electron chi connectivity index (χ0n) is 21.6. The van der Waals surface area contributed by atoms with Gasteiger partial charge in [0.1, 0.15) is 35.1 Å². The number of fused-ring (bicyclic) bond motifs is 1. The first-order valence-corrected chi connectivity index (χ1v) is 12.6. The molecule has 0 unspecified atom stereocenters. The maximum absolute atomic E-state index is 14.6. The maximum atomic E-state index is 14.6. The van der Waals surface area contributed by atoms with E-state index < -0.39 is 28.8 Å². The van der Waals surface area contributed by atoms with E-state index in [0.29, 0.717) is 35.4 Å². The van der Waals surface area contributed by atoms with Crippen LogP contribution in [0, 0.1) is 11.6 Å². The summed E-state index contributed by atoms with van der Waals surface area (Å²) in [5.41, 5.74) is 0.406. The third kappa shape index (κ3) is 6.03. The van der Waals surface area contributed by atoms with Crippen LogP contribution in [0.25, 0.3) is 10.9 Å².